The van der Waals surface area contributed by atoms with Gasteiger partial charge in [0.1, 0.15) is 11.4 Å². The highest BCUT2D eigenvalue weighted by Crippen LogP contribution is 2.29. The van der Waals surface area contributed by atoms with Crippen LogP contribution >= 0.6 is 0 Å². The van der Waals surface area contributed by atoms with Crippen LogP contribution in [0.2, 0.25) is 0 Å². The van der Waals surface area contributed by atoms with Crippen LogP contribution in [0.5, 0.6) is 0 Å². The molecule has 0 radical (unpaired) electrons. The van der Waals surface area contributed by atoms with Crippen molar-refractivity contribution in [3.05, 3.63) is 68.8 Å². The first-order valence-corrected chi connectivity index (χ1v) is 12.1. The van der Waals surface area contributed by atoms with Crippen LogP contribution in [0.15, 0.2) is 35.1 Å². The summed E-state index contributed by atoms with van der Waals surface area (Å²) in [7, 11) is 3.61. The summed E-state index contributed by atoms with van der Waals surface area (Å²) in [6.07, 6.45) is 5.70. The van der Waals surface area contributed by atoms with E-state index in [1.54, 1.807) is 7.05 Å². The van der Waals surface area contributed by atoms with Crippen LogP contribution in [0.4, 0.5) is 15.8 Å². The number of carboxylic acids is 1. The number of fused-ring (bicyclic) bond motifs is 1. The van der Waals surface area contributed by atoms with Crippen LogP contribution in [-0.4, -0.2) is 47.0 Å². The molecule has 0 spiro atoms. The number of nitrogens with one attached hydrogen (secondary N) is 3. The van der Waals surface area contributed by atoms with E-state index in [9.17, 15) is 23.9 Å². The smallest absolute Gasteiger partial charge is 0.337 e. The van der Waals surface area contributed by atoms with Crippen LogP contribution in [0.1, 0.15) is 63.9 Å². The number of hydrogen-bond donors (Lipinski definition) is 4. The molecule has 1 heterocycles. The maximum Gasteiger partial charge on any atom is 0.337 e. The van der Waals surface area contributed by atoms with Crippen molar-refractivity contribution in [3.8, 4) is 0 Å². The molecule has 0 aliphatic heterocycles. The third-order valence-electron chi connectivity index (χ3n) is 6.88. The number of halogens is 1. The van der Waals surface area contributed by atoms with E-state index >= 15 is 0 Å². The molecular formula is C27H31FN4O4. The number of aromatic nitrogens is 1. The quantitative estimate of drug-likeness (QED) is 0.378. The van der Waals surface area contributed by atoms with Crippen molar-refractivity contribution >= 4 is 34.2 Å². The summed E-state index contributed by atoms with van der Waals surface area (Å²) in [6.45, 7) is 2.26. The lowest BCUT2D eigenvalue weighted by molar-refractivity contribution is 0.0697. The number of anilines is 2. The lowest BCUT2D eigenvalue weighted by Crippen LogP contribution is -2.33. The van der Waals surface area contributed by atoms with Crippen LogP contribution in [0.25, 0.3) is 10.9 Å². The Morgan fingerprint density at radius 2 is 1.83 bits per heavy atom. The van der Waals surface area contributed by atoms with E-state index in [0.717, 1.165) is 31.2 Å². The maximum absolute atomic E-state index is 14.1. The zero-order valence-corrected chi connectivity index (χ0v) is 20.7. The van der Waals surface area contributed by atoms with Gasteiger partial charge in [0.05, 0.1) is 22.5 Å². The molecule has 4 N–H and O–H groups in total. The summed E-state index contributed by atoms with van der Waals surface area (Å²) in [5, 5.41) is 15.7. The lowest BCUT2D eigenvalue weighted by atomic mass is 9.93. The number of aromatic carboxylic acids is 1. The number of rotatable bonds is 7. The molecule has 0 saturated heterocycles. The third-order valence-corrected chi connectivity index (χ3v) is 6.88. The number of amides is 1. The number of hydrogen-bond acceptors (Lipinski definition) is 5. The van der Waals surface area contributed by atoms with Crippen molar-refractivity contribution in [3.63, 3.8) is 0 Å². The Hall–Kier alpha value is -3.72. The number of nitrogens with zero attached hydrogens (tertiary/aromatic N) is 1. The van der Waals surface area contributed by atoms with Crippen LogP contribution in [-0.2, 0) is 6.54 Å². The van der Waals surface area contributed by atoms with E-state index in [0.29, 0.717) is 34.7 Å². The first-order valence-electron chi connectivity index (χ1n) is 12.1. The highest BCUT2D eigenvalue weighted by molar-refractivity contribution is 6.09. The fraction of sp³-hybridized carbons (Fsp3) is 0.370. The minimum Gasteiger partial charge on any atom is -0.478 e. The van der Waals surface area contributed by atoms with Crippen molar-refractivity contribution in [2.75, 3.05) is 24.7 Å². The molecule has 1 saturated carbocycles. The molecule has 36 heavy (non-hydrogen) atoms. The van der Waals surface area contributed by atoms with Crippen molar-refractivity contribution in [1.29, 1.82) is 0 Å². The number of pyridine rings is 1. The van der Waals surface area contributed by atoms with E-state index in [1.807, 2.05) is 20.0 Å². The molecule has 2 aromatic carbocycles. The zero-order valence-electron chi connectivity index (χ0n) is 20.7. The summed E-state index contributed by atoms with van der Waals surface area (Å²) in [6, 6.07) is 7.54. The van der Waals surface area contributed by atoms with Crippen LogP contribution < -0.4 is 16.2 Å². The van der Waals surface area contributed by atoms with E-state index in [2.05, 4.69) is 20.5 Å². The second-order valence-corrected chi connectivity index (χ2v) is 9.49. The van der Waals surface area contributed by atoms with E-state index < -0.39 is 23.3 Å². The molecule has 1 aliphatic rings. The summed E-state index contributed by atoms with van der Waals surface area (Å²) in [4.78, 5) is 43.0. The summed E-state index contributed by atoms with van der Waals surface area (Å²) < 4.78 is 14.1. The molecule has 1 amide bonds. The fourth-order valence-corrected chi connectivity index (χ4v) is 5.05. The van der Waals surface area contributed by atoms with Gasteiger partial charge >= 0.3 is 5.97 Å². The summed E-state index contributed by atoms with van der Waals surface area (Å²) in [5.41, 5.74) is 1.40. The van der Waals surface area contributed by atoms with E-state index in [-0.39, 0.29) is 16.8 Å². The molecule has 1 aromatic heterocycles. The van der Waals surface area contributed by atoms with Gasteiger partial charge < -0.3 is 20.7 Å². The maximum atomic E-state index is 14.1. The number of aryl methyl sites for hydroxylation is 1. The number of carbonyl (C=O) groups excluding carboxylic acids is 1. The zero-order chi connectivity index (χ0) is 26.0. The molecule has 4 rings (SSSR count). The summed E-state index contributed by atoms with van der Waals surface area (Å²) in [5.74, 6) is -2.46. The SMILES string of the molecule is CNc1cc(F)cc2cc(C(=O)Nc3c(CN(C)C4CCCCC4)cc(C)cc3C(=O)O)c(=O)[nH]c12. The number of H-pyrrole nitrogens is 1. The van der Waals surface area contributed by atoms with E-state index in [1.165, 1.54) is 30.7 Å². The molecule has 190 valence electrons. The Labute approximate surface area is 208 Å². The number of aromatic amines is 1. The van der Waals surface area contributed by atoms with E-state index in [4.69, 9.17) is 0 Å². The fourth-order valence-electron chi connectivity index (χ4n) is 5.05. The molecule has 0 bridgehead atoms. The van der Waals surface area contributed by atoms with Gasteiger partial charge in [-0.15, -0.1) is 0 Å². The lowest BCUT2D eigenvalue weighted by Gasteiger charge is -2.32. The minimum atomic E-state index is -1.18. The second kappa shape index (κ2) is 10.5. The van der Waals surface area contributed by atoms with Gasteiger partial charge in [-0.25, -0.2) is 9.18 Å². The highest BCUT2D eigenvalue weighted by atomic mass is 19.1. The van der Waals surface area contributed by atoms with Crippen molar-refractivity contribution in [1.82, 2.24) is 9.88 Å². The third kappa shape index (κ3) is 5.26. The molecule has 1 fully saturated rings. The first kappa shape index (κ1) is 25.4. The number of carbonyl (C=O) groups is 2. The molecule has 0 unspecified atom stereocenters. The van der Waals surface area contributed by atoms with Gasteiger partial charge in [-0.1, -0.05) is 25.3 Å². The number of benzene rings is 2. The average Bonchev–Trinajstić information content (AvgIpc) is 2.85. The summed E-state index contributed by atoms with van der Waals surface area (Å²) >= 11 is 0. The monoisotopic (exact) mass is 494 g/mol. The molecule has 1 aliphatic carbocycles. The molecule has 8 nitrogen and oxygen atoms in total. The largest absolute Gasteiger partial charge is 0.478 e. The minimum absolute atomic E-state index is 0.0453. The van der Waals surface area contributed by atoms with Gasteiger partial charge in [-0.3, -0.25) is 14.5 Å². The number of carboxylic acid groups (broad SMARTS) is 1. The Morgan fingerprint density at radius 3 is 2.50 bits per heavy atom. The Kier molecular flexibility index (Phi) is 7.40. The van der Waals surface area contributed by atoms with Crippen LogP contribution in [0, 0.1) is 12.7 Å². The Balaban J connectivity index is 1.72. The van der Waals surface area contributed by atoms with Gasteiger partial charge in [0.2, 0.25) is 0 Å². The normalized spacial score (nSPS) is 14.2. The average molecular weight is 495 g/mol. The molecular weight excluding hydrogens is 463 g/mol. The van der Waals surface area contributed by atoms with Crippen molar-refractivity contribution < 1.29 is 19.1 Å². The topological polar surface area (TPSA) is 115 Å². The second-order valence-electron chi connectivity index (χ2n) is 9.49. The van der Waals surface area contributed by atoms with Gasteiger partial charge in [-0.05, 0) is 62.2 Å². The Morgan fingerprint density at radius 1 is 1.11 bits per heavy atom. The standard InChI is InChI=1S/C27H31FN4O4/c1-15-9-17(14-32(3)19-7-5-4-6-8-19)23(20(10-15)27(35)36)30-25(33)21-12-16-11-18(28)13-22(29-2)24(16)31-26(21)34/h9-13,19,29H,4-8,14H2,1-3H3,(H,30,33)(H,31,34)(H,35,36). The van der Waals surface area contributed by atoms with Gasteiger partial charge in [0, 0.05) is 25.0 Å². The Bertz CT molecular complexity index is 1380. The highest BCUT2D eigenvalue weighted by Gasteiger charge is 2.24. The molecule has 0 atom stereocenters. The van der Waals surface area contributed by atoms with Crippen LogP contribution in [0.3, 0.4) is 0 Å². The van der Waals surface area contributed by atoms with Crippen molar-refractivity contribution in [2.24, 2.45) is 0 Å². The first-order chi connectivity index (χ1) is 17.2. The molecule has 9 heteroatoms. The van der Waals surface area contributed by atoms with Crippen molar-refractivity contribution in [2.45, 2.75) is 51.6 Å². The molecule has 3 aromatic rings. The van der Waals surface area contributed by atoms with Gasteiger partial charge in [-0.2, -0.15) is 0 Å². The van der Waals surface area contributed by atoms with Gasteiger partial charge in [0.25, 0.3) is 11.5 Å². The predicted octanol–water partition coefficient (Wildman–Crippen LogP) is 4.73. The van der Waals surface area contributed by atoms with Gasteiger partial charge in [0.15, 0.2) is 0 Å². The predicted molar refractivity (Wildman–Crippen MR) is 139 cm³/mol.